The summed E-state index contributed by atoms with van der Waals surface area (Å²) in [5.41, 5.74) is 0.933. The van der Waals surface area contributed by atoms with E-state index in [1.165, 1.54) is 12.8 Å². The summed E-state index contributed by atoms with van der Waals surface area (Å²) in [5, 5.41) is 3.38. The summed E-state index contributed by atoms with van der Waals surface area (Å²) in [4.78, 5) is 0. The van der Waals surface area contributed by atoms with Gasteiger partial charge in [0.15, 0.2) is 11.6 Å². The highest BCUT2D eigenvalue weighted by Crippen LogP contribution is 2.28. The molecule has 2 aromatic carbocycles. The molecule has 0 bridgehead atoms. The summed E-state index contributed by atoms with van der Waals surface area (Å²) in [6.45, 7) is 0.664. The topological polar surface area (TPSA) is 21.3 Å². The number of nitrogens with one attached hydrogen (secondary N) is 1. The van der Waals surface area contributed by atoms with Crippen LogP contribution in [0.4, 0.5) is 8.78 Å². The van der Waals surface area contributed by atoms with E-state index in [4.69, 9.17) is 4.74 Å². The molecular weight excluding hydrogens is 260 g/mol. The molecule has 20 heavy (non-hydrogen) atoms. The highest BCUT2D eigenvalue weighted by molar-refractivity contribution is 5.38. The number of ether oxygens (including phenoxy) is 1. The van der Waals surface area contributed by atoms with E-state index < -0.39 is 11.6 Å². The average Bonchev–Trinajstić information content (AvgIpc) is 3.26. The lowest BCUT2D eigenvalue weighted by Crippen LogP contribution is -2.15. The van der Waals surface area contributed by atoms with Crippen molar-refractivity contribution >= 4 is 0 Å². The minimum Gasteiger partial charge on any atom is -0.454 e. The minimum atomic E-state index is -0.573. The van der Waals surface area contributed by atoms with Gasteiger partial charge in [0.25, 0.3) is 0 Å². The van der Waals surface area contributed by atoms with Gasteiger partial charge in [0.2, 0.25) is 0 Å². The van der Waals surface area contributed by atoms with Crippen molar-refractivity contribution in [1.29, 1.82) is 0 Å². The molecule has 0 amide bonds. The molecule has 0 aromatic heterocycles. The Morgan fingerprint density at radius 1 is 1.05 bits per heavy atom. The number of rotatable bonds is 5. The van der Waals surface area contributed by atoms with Gasteiger partial charge in [-0.05, 0) is 31.0 Å². The molecule has 0 heterocycles. The predicted octanol–water partition coefficient (Wildman–Crippen LogP) is 4.01. The number of hydrogen-bond donors (Lipinski definition) is 1. The van der Waals surface area contributed by atoms with Crippen molar-refractivity contribution in [1.82, 2.24) is 5.32 Å². The summed E-state index contributed by atoms with van der Waals surface area (Å²) in [7, 11) is 0. The normalized spacial score (nSPS) is 14.3. The van der Waals surface area contributed by atoms with E-state index in [2.05, 4.69) is 5.32 Å². The molecule has 0 spiro atoms. The van der Waals surface area contributed by atoms with Gasteiger partial charge < -0.3 is 10.1 Å². The number of benzene rings is 2. The van der Waals surface area contributed by atoms with Crippen LogP contribution >= 0.6 is 0 Å². The van der Waals surface area contributed by atoms with E-state index >= 15 is 0 Å². The Labute approximate surface area is 116 Å². The second-order valence-corrected chi connectivity index (χ2v) is 4.94. The first-order chi connectivity index (χ1) is 9.72. The van der Waals surface area contributed by atoms with E-state index in [0.29, 0.717) is 18.3 Å². The van der Waals surface area contributed by atoms with Gasteiger partial charge in [-0.1, -0.05) is 18.2 Å². The molecule has 104 valence electrons. The van der Waals surface area contributed by atoms with Crippen LogP contribution in [0.25, 0.3) is 0 Å². The summed E-state index contributed by atoms with van der Waals surface area (Å²) in [6, 6.07) is 11.2. The van der Waals surface area contributed by atoms with E-state index in [0.717, 1.165) is 23.8 Å². The molecule has 1 saturated carbocycles. The van der Waals surface area contributed by atoms with Crippen molar-refractivity contribution in [3.63, 3.8) is 0 Å². The molecular formula is C16H15F2NO. The average molecular weight is 275 g/mol. The maximum Gasteiger partial charge on any atom is 0.165 e. The SMILES string of the molecule is Fc1ccc(F)c(Oc2ccccc2CNC2CC2)c1. The Bertz CT molecular complexity index is 611. The number of hydrogen-bond acceptors (Lipinski definition) is 2. The third-order valence-corrected chi connectivity index (χ3v) is 3.24. The summed E-state index contributed by atoms with van der Waals surface area (Å²) in [6.07, 6.45) is 2.39. The summed E-state index contributed by atoms with van der Waals surface area (Å²) < 4.78 is 32.3. The molecule has 2 nitrogen and oxygen atoms in total. The third-order valence-electron chi connectivity index (χ3n) is 3.24. The smallest absolute Gasteiger partial charge is 0.165 e. The Kier molecular flexibility index (Phi) is 3.65. The number of halogens is 2. The molecule has 0 atom stereocenters. The van der Waals surface area contributed by atoms with Crippen LogP contribution in [-0.4, -0.2) is 6.04 Å². The molecule has 4 heteroatoms. The first-order valence-electron chi connectivity index (χ1n) is 6.66. The zero-order valence-electron chi connectivity index (χ0n) is 10.9. The fraction of sp³-hybridized carbons (Fsp3) is 0.250. The Balaban J connectivity index is 1.80. The van der Waals surface area contributed by atoms with E-state index in [1.807, 2.05) is 18.2 Å². The largest absolute Gasteiger partial charge is 0.454 e. The molecule has 1 aliphatic carbocycles. The van der Waals surface area contributed by atoms with Crippen LogP contribution in [0, 0.1) is 11.6 Å². The first kappa shape index (κ1) is 13.1. The van der Waals surface area contributed by atoms with Gasteiger partial charge in [-0.3, -0.25) is 0 Å². The molecule has 3 rings (SSSR count). The molecule has 0 aliphatic heterocycles. The quantitative estimate of drug-likeness (QED) is 0.890. The molecule has 2 aromatic rings. The Hall–Kier alpha value is -1.94. The zero-order chi connectivity index (χ0) is 13.9. The lowest BCUT2D eigenvalue weighted by atomic mass is 10.2. The van der Waals surface area contributed by atoms with Crippen LogP contribution in [0.2, 0.25) is 0 Å². The minimum absolute atomic E-state index is 0.0936. The van der Waals surface area contributed by atoms with E-state index in [9.17, 15) is 8.78 Å². The lowest BCUT2D eigenvalue weighted by Gasteiger charge is -2.12. The second kappa shape index (κ2) is 5.59. The van der Waals surface area contributed by atoms with Gasteiger partial charge in [0, 0.05) is 24.2 Å². The van der Waals surface area contributed by atoms with Crippen LogP contribution < -0.4 is 10.1 Å². The number of para-hydroxylation sites is 1. The van der Waals surface area contributed by atoms with E-state index in [-0.39, 0.29) is 5.75 Å². The Morgan fingerprint density at radius 3 is 2.65 bits per heavy atom. The van der Waals surface area contributed by atoms with Gasteiger partial charge in [0.1, 0.15) is 11.6 Å². The summed E-state index contributed by atoms with van der Waals surface area (Å²) in [5.74, 6) is -0.639. The molecule has 1 N–H and O–H groups in total. The Morgan fingerprint density at radius 2 is 1.85 bits per heavy atom. The molecule has 1 aliphatic rings. The molecule has 0 radical (unpaired) electrons. The highest BCUT2D eigenvalue weighted by Gasteiger charge is 2.20. The maximum atomic E-state index is 13.6. The highest BCUT2D eigenvalue weighted by atomic mass is 19.1. The van der Waals surface area contributed by atoms with Gasteiger partial charge in [-0.2, -0.15) is 0 Å². The van der Waals surface area contributed by atoms with Gasteiger partial charge >= 0.3 is 0 Å². The van der Waals surface area contributed by atoms with Gasteiger partial charge in [-0.15, -0.1) is 0 Å². The fourth-order valence-corrected chi connectivity index (χ4v) is 1.97. The standard InChI is InChI=1S/C16H15F2NO/c17-12-5-8-14(18)16(9-12)20-15-4-2-1-3-11(15)10-19-13-6-7-13/h1-5,8-9,13,19H,6-7,10H2. The fourth-order valence-electron chi connectivity index (χ4n) is 1.97. The monoisotopic (exact) mass is 275 g/mol. The van der Waals surface area contributed by atoms with Crippen LogP contribution in [0.3, 0.4) is 0 Å². The van der Waals surface area contributed by atoms with Crippen LogP contribution in [-0.2, 0) is 6.54 Å². The second-order valence-electron chi connectivity index (χ2n) is 4.94. The van der Waals surface area contributed by atoms with Crippen LogP contribution in [0.15, 0.2) is 42.5 Å². The van der Waals surface area contributed by atoms with Gasteiger partial charge in [-0.25, -0.2) is 8.78 Å². The van der Waals surface area contributed by atoms with Gasteiger partial charge in [0.05, 0.1) is 0 Å². The zero-order valence-corrected chi connectivity index (χ0v) is 10.9. The molecule has 0 saturated heterocycles. The van der Waals surface area contributed by atoms with E-state index in [1.54, 1.807) is 6.07 Å². The van der Waals surface area contributed by atoms with Crippen LogP contribution in [0.5, 0.6) is 11.5 Å². The predicted molar refractivity (Wildman–Crippen MR) is 72.7 cm³/mol. The lowest BCUT2D eigenvalue weighted by molar-refractivity contribution is 0.430. The maximum absolute atomic E-state index is 13.6. The summed E-state index contributed by atoms with van der Waals surface area (Å²) >= 11 is 0. The van der Waals surface area contributed by atoms with Crippen molar-refractivity contribution in [2.75, 3.05) is 0 Å². The third kappa shape index (κ3) is 3.14. The van der Waals surface area contributed by atoms with Crippen molar-refractivity contribution in [2.24, 2.45) is 0 Å². The first-order valence-corrected chi connectivity index (χ1v) is 6.66. The van der Waals surface area contributed by atoms with Crippen molar-refractivity contribution in [2.45, 2.75) is 25.4 Å². The van der Waals surface area contributed by atoms with Crippen molar-refractivity contribution in [3.8, 4) is 11.5 Å². The van der Waals surface area contributed by atoms with Crippen LogP contribution in [0.1, 0.15) is 18.4 Å². The van der Waals surface area contributed by atoms with Crippen molar-refractivity contribution < 1.29 is 13.5 Å². The molecule has 1 fully saturated rings. The molecule has 0 unspecified atom stereocenters. The van der Waals surface area contributed by atoms with Crippen molar-refractivity contribution in [3.05, 3.63) is 59.7 Å².